The van der Waals surface area contributed by atoms with Gasteiger partial charge >= 0.3 is 5.97 Å². The maximum Gasteiger partial charge on any atom is 0.335 e. The van der Waals surface area contributed by atoms with Crippen molar-refractivity contribution in [3.8, 4) is 5.75 Å². The third kappa shape index (κ3) is 4.55. The molecule has 0 aliphatic carbocycles. The molecule has 6 nitrogen and oxygen atoms in total. The van der Waals surface area contributed by atoms with E-state index in [0.29, 0.717) is 12.0 Å². The number of hydrogen-bond donors (Lipinski definition) is 3. The molecule has 0 aromatic heterocycles. The maximum atomic E-state index is 11.4. The number of carbonyl (C=O) groups is 2. The van der Waals surface area contributed by atoms with Gasteiger partial charge in [0.25, 0.3) is 0 Å². The molecule has 1 aromatic rings. The minimum absolute atomic E-state index is 0.0576. The fourth-order valence-corrected chi connectivity index (χ4v) is 1.76. The van der Waals surface area contributed by atoms with Crippen molar-refractivity contribution in [2.24, 2.45) is 0 Å². The van der Waals surface area contributed by atoms with Crippen LogP contribution in [-0.2, 0) is 14.3 Å². The van der Waals surface area contributed by atoms with Crippen molar-refractivity contribution in [3.05, 3.63) is 29.8 Å². The molecule has 3 N–H and O–H groups in total. The number of ether oxygens (including phenoxy) is 1. The van der Waals surface area contributed by atoms with Crippen LogP contribution in [0, 0.1) is 0 Å². The summed E-state index contributed by atoms with van der Waals surface area (Å²) >= 11 is 0. The second kappa shape index (κ2) is 6.38. The number of aromatic hydroxyl groups is 1. The zero-order valence-corrected chi connectivity index (χ0v) is 11.7. The first-order valence-corrected chi connectivity index (χ1v) is 6.14. The second-order valence-corrected chi connectivity index (χ2v) is 5.34. The quantitative estimate of drug-likeness (QED) is 0.686. The number of nitrogens with one attached hydrogen (secondary N) is 1. The van der Waals surface area contributed by atoms with E-state index in [9.17, 15) is 19.8 Å². The highest BCUT2D eigenvalue weighted by molar-refractivity contribution is 5.74. The predicted octanol–water partition coefficient (Wildman–Crippen LogP) is 1.45. The first-order chi connectivity index (χ1) is 9.24. The topological polar surface area (TPSA) is 95.9 Å². The Morgan fingerprint density at radius 1 is 1.30 bits per heavy atom. The van der Waals surface area contributed by atoms with E-state index >= 15 is 0 Å². The van der Waals surface area contributed by atoms with Crippen LogP contribution in [0.3, 0.4) is 0 Å². The van der Waals surface area contributed by atoms with Gasteiger partial charge < -0.3 is 20.3 Å². The Morgan fingerprint density at radius 3 is 2.25 bits per heavy atom. The number of rotatable bonds is 6. The molecular formula is C14H19NO5. The number of carboxylic acid groups (broad SMARTS) is 1. The van der Waals surface area contributed by atoms with Crippen molar-refractivity contribution in [2.45, 2.75) is 38.5 Å². The molecule has 110 valence electrons. The molecule has 0 aliphatic rings. The largest absolute Gasteiger partial charge is 0.508 e. The highest BCUT2D eigenvalue weighted by Crippen LogP contribution is 2.25. The summed E-state index contributed by atoms with van der Waals surface area (Å²) in [5, 5.41) is 21.0. The molecule has 0 spiro atoms. The number of carbonyl (C=O) groups excluding carboxylic acids is 1. The number of benzene rings is 1. The van der Waals surface area contributed by atoms with Gasteiger partial charge in [-0.3, -0.25) is 4.79 Å². The van der Waals surface area contributed by atoms with Crippen molar-refractivity contribution in [1.82, 2.24) is 5.32 Å². The number of aliphatic carboxylic acids is 1. The van der Waals surface area contributed by atoms with E-state index in [-0.39, 0.29) is 5.75 Å². The van der Waals surface area contributed by atoms with Gasteiger partial charge in [-0.05, 0) is 38.5 Å². The predicted molar refractivity (Wildman–Crippen MR) is 72.3 cm³/mol. The van der Waals surface area contributed by atoms with Crippen molar-refractivity contribution in [1.29, 1.82) is 0 Å². The van der Waals surface area contributed by atoms with E-state index in [0.717, 1.165) is 0 Å². The maximum absolute atomic E-state index is 11.4. The summed E-state index contributed by atoms with van der Waals surface area (Å²) in [4.78, 5) is 22.1. The van der Waals surface area contributed by atoms with Crippen molar-refractivity contribution in [3.63, 3.8) is 0 Å². The lowest BCUT2D eigenvalue weighted by Crippen LogP contribution is -2.43. The van der Waals surface area contributed by atoms with Crippen LogP contribution in [0.15, 0.2) is 24.3 Å². The SMILES string of the molecule is CC(C)(C)OC(C(=O)O)C(NC=O)c1ccc(O)cc1. The third-order valence-corrected chi connectivity index (χ3v) is 2.53. The Bertz CT molecular complexity index is 463. The molecule has 1 rings (SSSR count). The number of phenolic OH excluding ortho intramolecular Hbond substituents is 1. The molecule has 0 bridgehead atoms. The van der Waals surface area contributed by atoms with E-state index in [1.54, 1.807) is 32.9 Å². The van der Waals surface area contributed by atoms with Crippen LogP contribution >= 0.6 is 0 Å². The van der Waals surface area contributed by atoms with Gasteiger partial charge in [0.15, 0.2) is 6.10 Å². The Morgan fingerprint density at radius 2 is 1.85 bits per heavy atom. The van der Waals surface area contributed by atoms with Crippen molar-refractivity contribution >= 4 is 12.4 Å². The first-order valence-electron chi connectivity index (χ1n) is 6.14. The molecule has 0 radical (unpaired) electrons. The van der Waals surface area contributed by atoms with Crippen LogP contribution in [0.1, 0.15) is 32.4 Å². The molecule has 6 heteroatoms. The van der Waals surface area contributed by atoms with Crippen LogP contribution in [0.2, 0.25) is 0 Å². The van der Waals surface area contributed by atoms with Crippen LogP contribution in [0.5, 0.6) is 5.75 Å². The van der Waals surface area contributed by atoms with E-state index in [1.807, 2.05) is 0 Å². The molecule has 0 aliphatic heterocycles. The lowest BCUT2D eigenvalue weighted by Gasteiger charge is -2.30. The third-order valence-electron chi connectivity index (χ3n) is 2.53. The minimum Gasteiger partial charge on any atom is -0.508 e. The van der Waals surface area contributed by atoms with Gasteiger partial charge in [-0.1, -0.05) is 12.1 Å². The molecule has 1 aromatic carbocycles. The Hall–Kier alpha value is -2.08. The fraction of sp³-hybridized carbons (Fsp3) is 0.429. The van der Waals surface area contributed by atoms with Gasteiger partial charge in [-0.25, -0.2) is 4.79 Å². The summed E-state index contributed by atoms with van der Waals surface area (Å²) in [5.41, 5.74) is -0.144. The van der Waals surface area contributed by atoms with Crippen LogP contribution in [-0.4, -0.2) is 34.3 Å². The van der Waals surface area contributed by atoms with Gasteiger partial charge in [-0.15, -0.1) is 0 Å². The molecule has 0 saturated carbocycles. The smallest absolute Gasteiger partial charge is 0.335 e. The first kappa shape index (κ1) is 16.0. The zero-order valence-electron chi connectivity index (χ0n) is 11.7. The highest BCUT2D eigenvalue weighted by Gasteiger charge is 2.33. The monoisotopic (exact) mass is 281 g/mol. The molecule has 0 heterocycles. The average molecular weight is 281 g/mol. The molecule has 2 atom stereocenters. The molecule has 0 saturated heterocycles. The normalized spacial score (nSPS) is 14.3. The van der Waals surface area contributed by atoms with E-state index < -0.39 is 23.7 Å². The summed E-state index contributed by atoms with van der Waals surface area (Å²) in [5.74, 6) is -1.12. The van der Waals surface area contributed by atoms with E-state index in [4.69, 9.17) is 4.74 Å². The summed E-state index contributed by atoms with van der Waals surface area (Å²) in [7, 11) is 0. The van der Waals surface area contributed by atoms with Crippen LogP contribution in [0.25, 0.3) is 0 Å². The lowest BCUT2D eigenvalue weighted by molar-refractivity contribution is -0.163. The van der Waals surface area contributed by atoms with E-state index in [2.05, 4.69) is 5.32 Å². The second-order valence-electron chi connectivity index (χ2n) is 5.34. The van der Waals surface area contributed by atoms with Crippen LogP contribution in [0.4, 0.5) is 0 Å². The standard InChI is InChI=1S/C14H19NO5/c1-14(2,3)20-12(13(18)19)11(15-8-16)9-4-6-10(17)7-5-9/h4-8,11-12,17H,1-3H3,(H,15,16)(H,18,19). The van der Waals surface area contributed by atoms with Crippen molar-refractivity contribution in [2.75, 3.05) is 0 Å². The number of amides is 1. The molecule has 20 heavy (non-hydrogen) atoms. The lowest BCUT2D eigenvalue weighted by atomic mass is 10.0. The number of hydrogen-bond acceptors (Lipinski definition) is 4. The Labute approximate surface area is 117 Å². The molecular weight excluding hydrogens is 262 g/mol. The summed E-state index contributed by atoms with van der Waals surface area (Å²) in [6, 6.07) is 5.08. The Kier molecular flexibility index (Phi) is 5.10. The zero-order chi connectivity index (χ0) is 15.3. The average Bonchev–Trinajstić information content (AvgIpc) is 2.33. The summed E-state index contributed by atoms with van der Waals surface area (Å²) in [6.45, 7) is 5.20. The summed E-state index contributed by atoms with van der Waals surface area (Å²) < 4.78 is 5.52. The summed E-state index contributed by atoms with van der Waals surface area (Å²) in [6.07, 6.45) is -0.802. The molecule has 2 unspecified atom stereocenters. The van der Waals surface area contributed by atoms with E-state index in [1.165, 1.54) is 12.1 Å². The number of carboxylic acids is 1. The van der Waals surface area contributed by atoms with Gasteiger partial charge in [0.2, 0.25) is 6.41 Å². The van der Waals surface area contributed by atoms with Crippen LogP contribution < -0.4 is 5.32 Å². The minimum atomic E-state index is -1.23. The van der Waals surface area contributed by atoms with Gasteiger partial charge in [0.1, 0.15) is 5.75 Å². The van der Waals surface area contributed by atoms with Gasteiger partial charge in [0.05, 0.1) is 11.6 Å². The highest BCUT2D eigenvalue weighted by atomic mass is 16.5. The molecule has 1 amide bonds. The van der Waals surface area contributed by atoms with Gasteiger partial charge in [-0.2, -0.15) is 0 Å². The van der Waals surface area contributed by atoms with Crippen molar-refractivity contribution < 1.29 is 24.5 Å². The molecule has 0 fully saturated rings. The number of phenols is 1. The Balaban J connectivity index is 3.10. The fourth-order valence-electron chi connectivity index (χ4n) is 1.76. The van der Waals surface area contributed by atoms with Gasteiger partial charge in [0, 0.05) is 0 Å².